The Kier molecular flexibility index (Phi) is 5.82. The average molecular weight is 492 g/mol. The SMILES string of the molecule is O=C(O)c1cc(-c2cc(Cl)ccc2OCc2c(F)cccc2Cl)nc2ccc3ccccc3c12. The summed E-state index contributed by atoms with van der Waals surface area (Å²) in [6.07, 6.45) is 0. The van der Waals surface area contributed by atoms with E-state index in [0.29, 0.717) is 32.9 Å². The van der Waals surface area contributed by atoms with Gasteiger partial charge in [-0.25, -0.2) is 14.2 Å². The van der Waals surface area contributed by atoms with E-state index in [1.54, 1.807) is 30.3 Å². The number of pyridine rings is 1. The number of benzene rings is 4. The molecule has 4 nitrogen and oxygen atoms in total. The molecule has 7 heteroatoms. The van der Waals surface area contributed by atoms with Crippen LogP contribution in [0.2, 0.25) is 10.0 Å². The van der Waals surface area contributed by atoms with Gasteiger partial charge in [0.2, 0.25) is 0 Å². The summed E-state index contributed by atoms with van der Waals surface area (Å²) in [6.45, 7) is -0.121. The molecule has 0 saturated carbocycles. The summed E-state index contributed by atoms with van der Waals surface area (Å²) in [6, 6.07) is 22.1. The largest absolute Gasteiger partial charge is 0.488 e. The lowest BCUT2D eigenvalue weighted by atomic mass is 9.98. The van der Waals surface area contributed by atoms with Crippen molar-refractivity contribution in [1.29, 1.82) is 0 Å². The quantitative estimate of drug-likeness (QED) is 0.255. The molecule has 0 atom stereocenters. The van der Waals surface area contributed by atoms with Crippen molar-refractivity contribution in [3.8, 4) is 17.0 Å². The van der Waals surface area contributed by atoms with Crippen LogP contribution in [-0.4, -0.2) is 16.1 Å². The number of rotatable bonds is 5. The summed E-state index contributed by atoms with van der Waals surface area (Å²) in [5.74, 6) is -1.19. The number of aromatic carboxylic acids is 1. The van der Waals surface area contributed by atoms with Crippen molar-refractivity contribution in [3.05, 3.63) is 106 Å². The van der Waals surface area contributed by atoms with Gasteiger partial charge in [-0.1, -0.05) is 59.6 Å². The predicted molar refractivity (Wildman–Crippen MR) is 132 cm³/mol. The lowest BCUT2D eigenvalue weighted by Gasteiger charge is -2.15. The molecular weight excluding hydrogens is 476 g/mol. The van der Waals surface area contributed by atoms with Gasteiger partial charge < -0.3 is 9.84 Å². The second-order valence-electron chi connectivity index (χ2n) is 7.67. The standard InChI is InChI=1S/C27H16Cl2FNO3/c28-16-9-11-25(34-14-20-21(29)6-3-7-22(20)30)18(12-16)24-13-19(27(32)33)26-17-5-2-1-4-15(17)8-10-23(26)31-24/h1-13H,14H2,(H,32,33). The molecule has 0 aliphatic heterocycles. The second kappa shape index (κ2) is 8.93. The number of carbonyl (C=O) groups is 1. The average Bonchev–Trinajstić information content (AvgIpc) is 2.83. The molecule has 0 spiro atoms. The number of ether oxygens (including phenoxy) is 1. The van der Waals surface area contributed by atoms with Crippen molar-refractivity contribution < 1.29 is 19.0 Å². The van der Waals surface area contributed by atoms with Crippen molar-refractivity contribution in [1.82, 2.24) is 4.98 Å². The summed E-state index contributed by atoms with van der Waals surface area (Å²) >= 11 is 12.4. The Morgan fingerprint density at radius 1 is 0.971 bits per heavy atom. The van der Waals surface area contributed by atoms with Gasteiger partial charge in [0.1, 0.15) is 18.2 Å². The van der Waals surface area contributed by atoms with E-state index in [0.717, 1.165) is 10.8 Å². The molecule has 1 N–H and O–H groups in total. The smallest absolute Gasteiger partial charge is 0.336 e. The molecule has 0 amide bonds. The molecule has 34 heavy (non-hydrogen) atoms. The van der Waals surface area contributed by atoms with Gasteiger partial charge in [-0.3, -0.25) is 0 Å². The maximum atomic E-state index is 14.2. The van der Waals surface area contributed by atoms with Crippen LogP contribution in [0.4, 0.5) is 4.39 Å². The third-order valence-electron chi connectivity index (χ3n) is 5.58. The molecular formula is C27H16Cl2FNO3. The molecule has 0 saturated heterocycles. The van der Waals surface area contributed by atoms with E-state index in [2.05, 4.69) is 0 Å². The van der Waals surface area contributed by atoms with E-state index < -0.39 is 11.8 Å². The summed E-state index contributed by atoms with van der Waals surface area (Å²) in [4.78, 5) is 17.0. The van der Waals surface area contributed by atoms with Gasteiger partial charge in [-0.05, 0) is 53.2 Å². The molecule has 0 bridgehead atoms. The van der Waals surface area contributed by atoms with Gasteiger partial charge >= 0.3 is 5.97 Å². The first kappa shape index (κ1) is 22.1. The topological polar surface area (TPSA) is 59.4 Å². The van der Waals surface area contributed by atoms with Crippen LogP contribution in [0.25, 0.3) is 32.9 Å². The first-order valence-corrected chi connectivity index (χ1v) is 11.1. The van der Waals surface area contributed by atoms with Crippen LogP contribution in [0.15, 0.2) is 78.9 Å². The first-order valence-electron chi connectivity index (χ1n) is 10.3. The van der Waals surface area contributed by atoms with Gasteiger partial charge in [-0.15, -0.1) is 0 Å². The lowest BCUT2D eigenvalue weighted by molar-refractivity contribution is 0.0699. The van der Waals surface area contributed by atoms with Crippen LogP contribution >= 0.6 is 23.2 Å². The summed E-state index contributed by atoms with van der Waals surface area (Å²) in [7, 11) is 0. The third kappa shape index (κ3) is 4.04. The van der Waals surface area contributed by atoms with Crippen molar-refractivity contribution in [2.45, 2.75) is 6.61 Å². The van der Waals surface area contributed by atoms with Crippen LogP contribution in [0.5, 0.6) is 5.75 Å². The molecule has 0 aliphatic carbocycles. The van der Waals surface area contributed by atoms with Crippen LogP contribution in [-0.2, 0) is 6.61 Å². The number of nitrogens with zero attached hydrogens (tertiary/aromatic N) is 1. The fraction of sp³-hybridized carbons (Fsp3) is 0.0370. The number of hydrogen-bond acceptors (Lipinski definition) is 3. The van der Waals surface area contributed by atoms with E-state index in [1.165, 1.54) is 18.2 Å². The zero-order valence-corrected chi connectivity index (χ0v) is 19.1. The predicted octanol–water partition coefficient (Wildman–Crippen LogP) is 7.78. The highest BCUT2D eigenvalue weighted by Gasteiger charge is 2.18. The molecule has 1 aromatic heterocycles. The van der Waals surface area contributed by atoms with Gasteiger partial charge in [0.05, 0.1) is 21.8 Å². The van der Waals surface area contributed by atoms with Gasteiger partial charge in [0.15, 0.2) is 0 Å². The van der Waals surface area contributed by atoms with Crippen molar-refractivity contribution >= 4 is 50.8 Å². The van der Waals surface area contributed by atoms with Crippen LogP contribution in [0, 0.1) is 5.82 Å². The monoisotopic (exact) mass is 491 g/mol. The summed E-state index contributed by atoms with van der Waals surface area (Å²) < 4.78 is 20.1. The molecule has 1 heterocycles. The fourth-order valence-corrected chi connectivity index (χ4v) is 4.35. The minimum absolute atomic E-state index is 0.111. The number of carboxylic acids is 1. The Morgan fingerprint density at radius 3 is 2.59 bits per heavy atom. The zero-order valence-electron chi connectivity index (χ0n) is 17.6. The molecule has 5 rings (SSSR count). The van der Waals surface area contributed by atoms with E-state index in [9.17, 15) is 14.3 Å². The molecule has 168 valence electrons. The van der Waals surface area contributed by atoms with Gasteiger partial charge in [0, 0.05) is 21.5 Å². The maximum Gasteiger partial charge on any atom is 0.336 e. The second-order valence-corrected chi connectivity index (χ2v) is 8.51. The highest BCUT2D eigenvalue weighted by atomic mass is 35.5. The third-order valence-corrected chi connectivity index (χ3v) is 6.17. The fourth-order valence-electron chi connectivity index (χ4n) is 3.96. The molecule has 0 radical (unpaired) electrons. The highest BCUT2D eigenvalue weighted by Crippen LogP contribution is 2.36. The molecule has 0 aliphatic rings. The Bertz CT molecular complexity index is 1570. The molecule has 4 aromatic carbocycles. The van der Waals surface area contributed by atoms with E-state index >= 15 is 0 Å². The van der Waals surface area contributed by atoms with E-state index in [4.69, 9.17) is 32.9 Å². The Morgan fingerprint density at radius 2 is 1.79 bits per heavy atom. The van der Waals surface area contributed by atoms with Crippen molar-refractivity contribution in [2.75, 3.05) is 0 Å². The van der Waals surface area contributed by atoms with E-state index in [-0.39, 0.29) is 22.8 Å². The molecule has 0 fully saturated rings. The summed E-state index contributed by atoms with van der Waals surface area (Å²) in [5, 5.41) is 12.9. The lowest BCUT2D eigenvalue weighted by Crippen LogP contribution is -2.03. The van der Waals surface area contributed by atoms with Crippen LogP contribution < -0.4 is 4.74 Å². The zero-order chi connectivity index (χ0) is 23.8. The number of carboxylic acid groups (broad SMARTS) is 1. The summed E-state index contributed by atoms with van der Waals surface area (Å²) in [5.41, 5.74) is 1.71. The minimum atomic E-state index is -1.08. The van der Waals surface area contributed by atoms with Gasteiger partial charge in [0.25, 0.3) is 0 Å². The minimum Gasteiger partial charge on any atom is -0.488 e. The molecule has 5 aromatic rings. The first-order chi connectivity index (χ1) is 16.4. The number of aromatic nitrogens is 1. The van der Waals surface area contributed by atoms with Crippen LogP contribution in [0.3, 0.4) is 0 Å². The highest BCUT2D eigenvalue weighted by molar-refractivity contribution is 6.31. The normalized spacial score (nSPS) is 11.1. The number of halogens is 3. The van der Waals surface area contributed by atoms with Crippen molar-refractivity contribution in [3.63, 3.8) is 0 Å². The van der Waals surface area contributed by atoms with Crippen molar-refractivity contribution in [2.24, 2.45) is 0 Å². The van der Waals surface area contributed by atoms with E-state index in [1.807, 2.05) is 30.3 Å². The maximum absolute atomic E-state index is 14.2. The van der Waals surface area contributed by atoms with Gasteiger partial charge in [-0.2, -0.15) is 0 Å². The molecule has 0 unspecified atom stereocenters. The Labute approximate surface area is 204 Å². The van der Waals surface area contributed by atoms with Crippen LogP contribution in [0.1, 0.15) is 15.9 Å². The Hall–Kier alpha value is -3.67. The number of fused-ring (bicyclic) bond motifs is 3. The number of hydrogen-bond donors (Lipinski definition) is 1. The Balaban J connectivity index is 1.66.